The van der Waals surface area contributed by atoms with E-state index in [2.05, 4.69) is 42.5 Å². The van der Waals surface area contributed by atoms with Crippen LogP contribution in [0.4, 0.5) is 4.39 Å². The lowest BCUT2D eigenvalue weighted by atomic mass is 9.81. The molecule has 31 heteroatoms. The van der Waals surface area contributed by atoms with Crippen LogP contribution in [0.2, 0.25) is 0 Å². The van der Waals surface area contributed by atoms with Gasteiger partial charge in [0.1, 0.15) is 56.2 Å². The number of carbonyl (C=O) groups excluding carboxylic acids is 11. The second-order valence-electron chi connectivity index (χ2n) is 23.0. The number of carbonyl (C=O) groups is 11. The van der Waals surface area contributed by atoms with E-state index in [1.165, 1.54) is 10.6 Å². The number of hydrogen-bond acceptors (Lipinski definition) is 20. The summed E-state index contributed by atoms with van der Waals surface area (Å²) in [5.74, 6) is -8.40. The number of imide groups is 1. The SMILES string of the molecule is CC[C@@]1(O)C(=O)OCc2c1cc1n(c2=O)Cc2c-1nc1cc(F)c(C)c3c1c2[C@@H](NC(=O)COCNC(=O)CNC(=O)[C@H](Cc1ccccc1)NC(=O)CNC(=O)CNC(=O)C(CCC(=O)NC1O[C@H](CO)[C@@H](O)[C@H]1O)NC(=O)CCCCCN1C(=O)C=CC1=O)CC3. The van der Waals surface area contributed by atoms with Crippen LogP contribution < -0.4 is 48.1 Å². The summed E-state index contributed by atoms with van der Waals surface area (Å²) >= 11 is 0. The van der Waals surface area contributed by atoms with Crippen molar-refractivity contribution in [1.82, 2.24) is 57.0 Å². The molecule has 0 spiro atoms. The van der Waals surface area contributed by atoms with Crippen molar-refractivity contribution in [2.24, 2.45) is 0 Å². The van der Waals surface area contributed by atoms with E-state index in [1.807, 2.05) is 0 Å². The molecule has 6 heterocycles. The second kappa shape index (κ2) is 29.9. The van der Waals surface area contributed by atoms with Crippen molar-refractivity contribution < 1.29 is 91.8 Å². The van der Waals surface area contributed by atoms with Crippen molar-refractivity contribution >= 4 is 75.9 Å². The quantitative estimate of drug-likeness (QED) is 0.00989. The summed E-state index contributed by atoms with van der Waals surface area (Å²) in [6, 6.07) is 7.99. The minimum absolute atomic E-state index is 0.0204. The number of nitrogens with zero attached hydrogens (tertiary/aromatic N) is 3. The van der Waals surface area contributed by atoms with Crippen LogP contribution in [0.3, 0.4) is 0 Å². The van der Waals surface area contributed by atoms with Gasteiger partial charge in [0, 0.05) is 60.5 Å². The van der Waals surface area contributed by atoms with Gasteiger partial charge < -0.3 is 81.7 Å². The van der Waals surface area contributed by atoms with Crippen molar-refractivity contribution in [2.75, 3.05) is 46.1 Å². The van der Waals surface area contributed by atoms with Crippen molar-refractivity contribution in [3.8, 4) is 11.4 Å². The van der Waals surface area contributed by atoms with Crippen LogP contribution in [-0.4, -0.2) is 183 Å². The van der Waals surface area contributed by atoms with Gasteiger partial charge >= 0.3 is 5.97 Å². The lowest BCUT2D eigenvalue weighted by Gasteiger charge is -2.31. The molecule has 1 fully saturated rings. The monoisotopic (exact) mass is 1290 g/mol. The zero-order chi connectivity index (χ0) is 66.8. The Morgan fingerprint density at radius 3 is 2.17 bits per heavy atom. The number of ether oxygens (including phenoxy) is 3. The predicted octanol–water partition coefficient (Wildman–Crippen LogP) is -2.90. The first-order valence-corrected chi connectivity index (χ1v) is 30.4. The zero-order valence-electron chi connectivity index (χ0n) is 50.8. The number of aliphatic hydroxyl groups excluding tert-OH is 3. The van der Waals surface area contributed by atoms with Gasteiger partial charge in [-0.25, -0.2) is 14.2 Å². The fourth-order valence-corrected chi connectivity index (χ4v) is 11.8. The number of amides is 10. The molecule has 8 atom stereocenters. The number of cyclic esters (lactones) is 1. The summed E-state index contributed by atoms with van der Waals surface area (Å²) in [5, 5.41) is 61.7. The highest BCUT2D eigenvalue weighted by molar-refractivity contribution is 6.12. The molecule has 2 aromatic heterocycles. The van der Waals surface area contributed by atoms with Gasteiger partial charge in [-0.1, -0.05) is 43.7 Å². The fraction of sp³-hybridized carbons (Fsp3) is 0.468. The first-order chi connectivity index (χ1) is 44.5. The molecule has 10 amide bonds. The molecule has 4 aromatic rings. The highest BCUT2D eigenvalue weighted by Gasteiger charge is 2.47. The molecule has 5 aliphatic rings. The standard InChI is InChI=1S/C62H72FN11O19/c1-3-62(90)36-21-42-54-34(26-74(42)60(88)35(36)28-92-61(62)89)53-38(14-13-33-31(2)37(63)22-40(71-54)52(33)53)68-49(81)29-91-30-67-47(79)24-66-58(87)41(20-32-10-6-4-7-11-32)70-48(80)25-64-46(78)23-65-57(86)39(15-16-45(77)72-59-56(85)55(84)43(27-75)93-59)69-44(76)12-8-5-9-19-73-50(82)17-18-51(73)83/h4,6-7,10-11,17-18,21-22,38-39,41,43,55-56,59,75,84-85,90H,3,5,8-9,12-16,19-20,23-30H2,1-2H3,(H,64,78)(H,65,86)(H,66,87)(H,67,79)(H,68,81)(H,69,76)(H,70,80)(H,72,77)/t38-,39?,41-,43+,55+,56+,59?,62-/m0/s1. The Morgan fingerprint density at radius 2 is 1.47 bits per heavy atom. The van der Waals surface area contributed by atoms with E-state index < -0.39 is 171 Å². The number of esters is 1. The molecule has 0 radical (unpaired) electrons. The van der Waals surface area contributed by atoms with Crippen molar-refractivity contribution in [1.29, 1.82) is 0 Å². The maximum absolute atomic E-state index is 15.4. The summed E-state index contributed by atoms with van der Waals surface area (Å²) in [5.41, 5.74) is 1.48. The number of hydrogen-bond donors (Lipinski definition) is 12. The number of unbranched alkanes of at least 4 members (excludes halogenated alkanes) is 2. The number of pyridine rings is 2. The van der Waals surface area contributed by atoms with Gasteiger partial charge in [-0.3, -0.25) is 57.6 Å². The molecule has 12 N–H and O–H groups in total. The maximum atomic E-state index is 15.4. The van der Waals surface area contributed by atoms with E-state index in [0.717, 1.165) is 17.1 Å². The second-order valence-corrected chi connectivity index (χ2v) is 23.0. The lowest BCUT2D eigenvalue weighted by molar-refractivity contribution is -0.172. The fourth-order valence-electron chi connectivity index (χ4n) is 11.8. The average Bonchev–Trinajstić information content (AvgIpc) is 1.63. The maximum Gasteiger partial charge on any atom is 0.343 e. The number of rotatable bonds is 29. The Labute approximate surface area is 529 Å². The number of nitrogens with one attached hydrogen (secondary N) is 8. The lowest BCUT2D eigenvalue weighted by Crippen LogP contribution is -2.53. The largest absolute Gasteiger partial charge is 0.458 e. The number of halogens is 1. The van der Waals surface area contributed by atoms with Crippen LogP contribution in [0, 0.1) is 12.7 Å². The van der Waals surface area contributed by atoms with E-state index in [-0.39, 0.29) is 62.0 Å². The molecule has 0 saturated carbocycles. The third-order valence-corrected chi connectivity index (χ3v) is 16.9. The first kappa shape index (κ1) is 68.0. The van der Waals surface area contributed by atoms with E-state index in [4.69, 9.17) is 19.2 Å². The summed E-state index contributed by atoms with van der Waals surface area (Å²) in [4.78, 5) is 162. The molecule has 1 aliphatic carbocycles. The predicted molar refractivity (Wildman–Crippen MR) is 320 cm³/mol. The number of fused-ring (bicyclic) bond motifs is 5. The number of aromatic nitrogens is 2. The molecule has 0 bridgehead atoms. The molecule has 1 saturated heterocycles. The van der Waals surface area contributed by atoms with Crippen LogP contribution >= 0.6 is 0 Å². The van der Waals surface area contributed by atoms with Crippen LogP contribution in [0.25, 0.3) is 22.3 Å². The van der Waals surface area contributed by atoms with Gasteiger partial charge in [0.25, 0.3) is 17.4 Å². The molecule has 2 aromatic carbocycles. The van der Waals surface area contributed by atoms with E-state index in [1.54, 1.807) is 50.2 Å². The Morgan fingerprint density at radius 1 is 0.785 bits per heavy atom. The summed E-state index contributed by atoms with van der Waals surface area (Å²) in [7, 11) is 0. The molecular weight excluding hydrogens is 1220 g/mol. The first-order valence-electron chi connectivity index (χ1n) is 30.4. The van der Waals surface area contributed by atoms with Crippen LogP contribution in [0.5, 0.6) is 0 Å². The molecule has 2 unspecified atom stereocenters. The van der Waals surface area contributed by atoms with Gasteiger partial charge in [0.05, 0.1) is 61.3 Å². The smallest absolute Gasteiger partial charge is 0.343 e. The van der Waals surface area contributed by atoms with Crippen LogP contribution in [-0.2, 0) is 98.5 Å². The topological polar surface area (TPSA) is 431 Å². The third-order valence-electron chi connectivity index (χ3n) is 16.9. The Balaban J connectivity index is 0.741. The molecule has 496 valence electrons. The average molecular weight is 1290 g/mol. The third kappa shape index (κ3) is 15.6. The highest BCUT2D eigenvalue weighted by Crippen LogP contribution is 2.46. The molecule has 93 heavy (non-hydrogen) atoms. The molecule has 30 nitrogen and oxygen atoms in total. The number of aryl methyl sites for hydroxylation is 1. The Bertz CT molecular complexity index is 3720. The summed E-state index contributed by atoms with van der Waals surface area (Å²) in [6.45, 7) is -0.632. The van der Waals surface area contributed by atoms with Gasteiger partial charge in [0.2, 0.25) is 47.3 Å². The van der Waals surface area contributed by atoms with Gasteiger partial charge in [-0.15, -0.1) is 0 Å². The van der Waals surface area contributed by atoms with Crippen molar-refractivity contribution in [2.45, 2.75) is 139 Å². The zero-order valence-corrected chi connectivity index (χ0v) is 50.8. The van der Waals surface area contributed by atoms with Crippen molar-refractivity contribution in [3.05, 3.63) is 110 Å². The summed E-state index contributed by atoms with van der Waals surface area (Å²) < 4.78 is 32.9. The van der Waals surface area contributed by atoms with Crippen molar-refractivity contribution in [3.63, 3.8) is 0 Å². The molecule has 4 aliphatic heterocycles. The van der Waals surface area contributed by atoms with E-state index >= 15 is 4.39 Å². The number of aliphatic hydroxyl groups is 4. The highest BCUT2D eigenvalue weighted by atomic mass is 19.1. The van der Waals surface area contributed by atoms with Crippen LogP contribution in [0.1, 0.15) is 103 Å². The minimum atomic E-state index is -2.08. The van der Waals surface area contributed by atoms with Gasteiger partial charge in [-0.2, -0.15) is 0 Å². The summed E-state index contributed by atoms with van der Waals surface area (Å²) in [6.07, 6.45) is -2.54. The Kier molecular flexibility index (Phi) is 21.9. The minimum Gasteiger partial charge on any atom is -0.458 e. The molecular formula is C62H72FN11O19. The normalized spacial score (nSPS) is 20.6. The van der Waals surface area contributed by atoms with Gasteiger partial charge in [-0.05, 0) is 73.8 Å². The van der Waals surface area contributed by atoms with Gasteiger partial charge in [0.15, 0.2) is 11.8 Å². The van der Waals surface area contributed by atoms with Crippen LogP contribution in [0.15, 0.2) is 59.4 Å². The number of benzene rings is 2. The Hall–Kier alpha value is -9.40. The molecule has 9 rings (SSSR count). The van der Waals surface area contributed by atoms with E-state index in [0.29, 0.717) is 76.7 Å². The van der Waals surface area contributed by atoms with E-state index in [9.17, 15) is 78.0 Å².